The number of aromatic nitrogens is 3. The molecule has 1 aliphatic heterocycles. The van der Waals surface area contributed by atoms with Crippen molar-refractivity contribution >= 4 is 11.9 Å². The van der Waals surface area contributed by atoms with E-state index in [-0.39, 0.29) is 42.7 Å². The van der Waals surface area contributed by atoms with E-state index >= 15 is 0 Å². The molecule has 0 fully saturated rings. The van der Waals surface area contributed by atoms with Gasteiger partial charge in [-0.05, 0) is 27.2 Å². The molecule has 3 atom stereocenters. The van der Waals surface area contributed by atoms with Crippen LogP contribution in [0.5, 0.6) is 0 Å². The van der Waals surface area contributed by atoms with Crippen LogP contribution in [0.1, 0.15) is 46.2 Å². The van der Waals surface area contributed by atoms with Gasteiger partial charge in [-0.15, -0.1) is 5.10 Å². The lowest BCUT2D eigenvalue weighted by Crippen LogP contribution is -2.49. The fourth-order valence-electron chi connectivity index (χ4n) is 3.46. The molecule has 10 heteroatoms. The quantitative estimate of drug-likeness (QED) is 0.725. The molecule has 2 heterocycles. The first-order valence-electron chi connectivity index (χ1n) is 10.6. The average molecular weight is 425 g/mol. The van der Waals surface area contributed by atoms with E-state index in [1.807, 2.05) is 27.7 Å². The van der Waals surface area contributed by atoms with Gasteiger partial charge in [0.25, 0.3) is 0 Å². The molecule has 3 amide bonds. The van der Waals surface area contributed by atoms with Crippen molar-refractivity contribution in [3.05, 3.63) is 11.9 Å². The van der Waals surface area contributed by atoms with Gasteiger partial charge in [0.2, 0.25) is 5.91 Å². The van der Waals surface area contributed by atoms with E-state index in [0.29, 0.717) is 39.1 Å². The summed E-state index contributed by atoms with van der Waals surface area (Å²) in [5, 5.41) is 20.6. The summed E-state index contributed by atoms with van der Waals surface area (Å²) in [5.74, 6) is -0.0590. The summed E-state index contributed by atoms with van der Waals surface area (Å²) in [5.41, 5.74) is 0.843. The zero-order valence-corrected chi connectivity index (χ0v) is 18.7. The van der Waals surface area contributed by atoms with Gasteiger partial charge >= 0.3 is 6.03 Å². The highest BCUT2D eigenvalue weighted by Gasteiger charge is 2.29. The number of urea groups is 1. The first-order chi connectivity index (χ1) is 14.2. The number of likely N-dealkylation sites (N-methyl/N-ethyl adjacent to an activating group) is 1. The molecule has 1 aromatic heterocycles. The predicted molar refractivity (Wildman–Crippen MR) is 112 cm³/mol. The first-order valence-corrected chi connectivity index (χ1v) is 10.6. The molecule has 0 saturated heterocycles. The molecule has 2 rings (SSSR count). The van der Waals surface area contributed by atoms with E-state index < -0.39 is 0 Å². The van der Waals surface area contributed by atoms with Crippen molar-refractivity contribution in [2.45, 2.75) is 71.9 Å². The van der Waals surface area contributed by atoms with E-state index in [2.05, 4.69) is 15.6 Å². The van der Waals surface area contributed by atoms with Gasteiger partial charge in [-0.25, -0.2) is 9.48 Å². The number of aryl methyl sites for hydroxylation is 1. The Balaban J connectivity index is 2.22. The van der Waals surface area contributed by atoms with Crippen molar-refractivity contribution < 1.29 is 19.4 Å². The zero-order chi connectivity index (χ0) is 22.3. The highest BCUT2D eigenvalue weighted by Crippen LogP contribution is 2.18. The molecule has 0 radical (unpaired) electrons. The standard InChI is InChI=1S/C20H36N6O4/c1-14(2)22-20(29)24(5)11-18-15(3)10-25(16(4)12-27)19(28)7-6-8-26-17(13-30-18)9-21-23-26/h9,14-16,18,27H,6-8,10-13H2,1-5H3,(H,22,29)/t15-,16+,18+/m0/s1. The van der Waals surface area contributed by atoms with Crippen molar-refractivity contribution in [3.8, 4) is 0 Å². The molecular weight excluding hydrogens is 388 g/mol. The molecule has 10 nitrogen and oxygen atoms in total. The highest BCUT2D eigenvalue weighted by molar-refractivity contribution is 5.76. The third-order valence-corrected chi connectivity index (χ3v) is 5.35. The minimum absolute atomic E-state index is 0.00436. The number of fused-ring (bicyclic) bond motifs is 1. The average Bonchev–Trinajstić information content (AvgIpc) is 3.14. The number of hydrogen-bond donors (Lipinski definition) is 2. The number of rotatable bonds is 5. The molecule has 2 N–H and O–H groups in total. The second-order valence-corrected chi connectivity index (χ2v) is 8.44. The van der Waals surface area contributed by atoms with Crippen LogP contribution in [0.2, 0.25) is 0 Å². The number of aliphatic hydroxyl groups excluding tert-OH is 1. The van der Waals surface area contributed by atoms with Gasteiger partial charge in [-0.3, -0.25) is 4.79 Å². The van der Waals surface area contributed by atoms with Gasteiger partial charge in [0.05, 0.1) is 37.3 Å². The Morgan fingerprint density at radius 1 is 1.43 bits per heavy atom. The normalized spacial score (nSPS) is 22.1. The molecule has 0 aliphatic carbocycles. The Bertz CT molecular complexity index is 695. The van der Waals surface area contributed by atoms with Crippen LogP contribution in [0.25, 0.3) is 0 Å². The Morgan fingerprint density at radius 3 is 2.83 bits per heavy atom. The second-order valence-electron chi connectivity index (χ2n) is 8.44. The summed E-state index contributed by atoms with van der Waals surface area (Å²) in [6.45, 7) is 9.28. The maximum Gasteiger partial charge on any atom is 0.317 e. The van der Waals surface area contributed by atoms with E-state index in [1.54, 1.807) is 27.7 Å². The minimum Gasteiger partial charge on any atom is -0.394 e. The summed E-state index contributed by atoms with van der Waals surface area (Å²) in [6, 6.07) is -0.420. The first kappa shape index (κ1) is 24.1. The Hall–Kier alpha value is -2.20. The lowest BCUT2D eigenvalue weighted by molar-refractivity contribution is -0.136. The number of aliphatic hydroxyl groups is 1. The van der Waals surface area contributed by atoms with Crippen LogP contribution in [-0.4, -0.2) is 86.8 Å². The van der Waals surface area contributed by atoms with E-state index in [0.717, 1.165) is 5.69 Å². The summed E-state index contributed by atoms with van der Waals surface area (Å²) >= 11 is 0. The van der Waals surface area contributed by atoms with Crippen LogP contribution in [0.4, 0.5) is 4.79 Å². The Kier molecular flexibility index (Phi) is 9.04. The van der Waals surface area contributed by atoms with Crippen molar-refractivity contribution in [2.24, 2.45) is 5.92 Å². The maximum absolute atomic E-state index is 12.8. The molecule has 0 spiro atoms. The van der Waals surface area contributed by atoms with Gasteiger partial charge in [0, 0.05) is 45.1 Å². The SMILES string of the molecule is CC(C)NC(=O)N(C)C[C@H]1OCc2cnnn2CCCC(=O)N([C@H](C)CO)C[C@@H]1C. The summed E-state index contributed by atoms with van der Waals surface area (Å²) in [4.78, 5) is 28.5. The third-order valence-electron chi connectivity index (χ3n) is 5.35. The highest BCUT2D eigenvalue weighted by atomic mass is 16.5. The van der Waals surface area contributed by atoms with Gasteiger partial charge < -0.3 is 25.0 Å². The lowest BCUT2D eigenvalue weighted by Gasteiger charge is -2.35. The second kappa shape index (κ2) is 11.3. The largest absolute Gasteiger partial charge is 0.394 e. The van der Waals surface area contributed by atoms with Crippen LogP contribution >= 0.6 is 0 Å². The maximum atomic E-state index is 12.8. The fraction of sp³-hybridized carbons (Fsp3) is 0.800. The van der Waals surface area contributed by atoms with Crippen LogP contribution < -0.4 is 5.32 Å². The number of nitrogens with zero attached hydrogens (tertiary/aromatic N) is 5. The molecule has 170 valence electrons. The van der Waals surface area contributed by atoms with Crippen molar-refractivity contribution in [2.75, 3.05) is 26.7 Å². The molecule has 0 bridgehead atoms. The molecule has 0 saturated carbocycles. The number of ether oxygens (including phenoxy) is 1. The van der Waals surface area contributed by atoms with Crippen LogP contribution in [0, 0.1) is 5.92 Å². The van der Waals surface area contributed by atoms with Crippen LogP contribution in [-0.2, 0) is 22.7 Å². The monoisotopic (exact) mass is 424 g/mol. The fourth-order valence-corrected chi connectivity index (χ4v) is 3.46. The summed E-state index contributed by atoms with van der Waals surface area (Å²) in [6.07, 6.45) is 2.38. The van der Waals surface area contributed by atoms with Crippen LogP contribution in [0.3, 0.4) is 0 Å². The van der Waals surface area contributed by atoms with E-state index in [9.17, 15) is 14.7 Å². The molecule has 1 aliphatic rings. The molecule has 1 aromatic rings. The third kappa shape index (κ3) is 6.66. The molecule has 30 heavy (non-hydrogen) atoms. The number of hydrogen-bond acceptors (Lipinski definition) is 6. The number of carbonyl (C=O) groups is 2. The topological polar surface area (TPSA) is 113 Å². The summed E-state index contributed by atoms with van der Waals surface area (Å²) < 4.78 is 7.97. The smallest absolute Gasteiger partial charge is 0.317 e. The lowest BCUT2D eigenvalue weighted by atomic mass is 10.0. The Morgan fingerprint density at radius 2 is 2.17 bits per heavy atom. The Labute approximate surface area is 178 Å². The van der Waals surface area contributed by atoms with Crippen LogP contribution in [0.15, 0.2) is 6.20 Å². The van der Waals surface area contributed by atoms with E-state index in [1.165, 1.54) is 0 Å². The van der Waals surface area contributed by atoms with Crippen molar-refractivity contribution in [1.29, 1.82) is 0 Å². The van der Waals surface area contributed by atoms with Crippen molar-refractivity contribution in [3.63, 3.8) is 0 Å². The minimum atomic E-state index is -0.308. The number of amides is 3. The predicted octanol–water partition coefficient (Wildman–Crippen LogP) is 0.852. The van der Waals surface area contributed by atoms with Gasteiger partial charge in [-0.1, -0.05) is 12.1 Å². The number of nitrogens with one attached hydrogen (secondary N) is 1. The zero-order valence-electron chi connectivity index (χ0n) is 18.7. The number of carbonyl (C=O) groups excluding carboxylic acids is 2. The van der Waals surface area contributed by atoms with Gasteiger partial charge in [0.15, 0.2) is 0 Å². The van der Waals surface area contributed by atoms with Crippen molar-refractivity contribution in [1.82, 2.24) is 30.1 Å². The molecule has 0 unspecified atom stereocenters. The molecule has 0 aromatic carbocycles. The van der Waals surface area contributed by atoms with Gasteiger partial charge in [0.1, 0.15) is 0 Å². The summed E-state index contributed by atoms with van der Waals surface area (Å²) in [7, 11) is 1.73. The van der Waals surface area contributed by atoms with E-state index in [4.69, 9.17) is 4.74 Å². The molecular formula is C20H36N6O4. The van der Waals surface area contributed by atoms with Gasteiger partial charge in [-0.2, -0.15) is 0 Å².